The van der Waals surface area contributed by atoms with E-state index in [0.29, 0.717) is 10.6 Å². The molecule has 0 fully saturated rings. The van der Waals surface area contributed by atoms with Gasteiger partial charge in [-0.25, -0.2) is 4.98 Å². The van der Waals surface area contributed by atoms with E-state index in [0.717, 1.165) is 5.69 Å². The minimum atomic E-state index is -0.247. The fraction of sp³-hybridized carbons (Fsp3) is 0.667. The van der Waals surface area contributed by atoms with Crippen LogP contribution in [0.2, 0.25) is 0 Å². The van der Waals surface area contributed by atoms with E-state index in [1.54, 1.807) is 0 Å². The molecule has 0 spiro atoms. The second-order valence-corrected chi connectivity index (χ2v) is 6.53. The molecule has 0 saturated carbocycles. The van der Waals surface area contributed by atoms with E-state index >= 15 is 0 Å². The third kappa shape index (κ3) is 4.08. The van der Waals surface area contributed by atoms with Crippen molar-refractivity contribution < 1.29 is 4.74 Å². The van der Waals surface area contributed by atoms with Crippen LogP contribution in [0.15, 0.2) is 10.8 Å². The zero-order valence-corrected chi connectivity index (χ0v) is 12.3. The first-order valence-corrected chi connectivity index (χ1v) is 6.11. The monoisotopic (exact) mass is 286 g/mol. The summed E-state index contributed by atoms with van der Waals surface area (Å²) >= 11 is 3.31. The van der Waals surface area contributed by atoms with Gasteiger partial charge in [0.05, 0.1) is 5.69 Å². The maximum absolute atomic E-state index is 5.74. The lowest BCUT2D eigenvalue weighted by Gasteiger charge is -2.23. The first kappa shape index (κ1) is 13.4. The highest BCUT2D eigenvalue weighted by Gasteiger charge is 2.20. The van der Waals surface area contributed by atoms with E-state index in [4.69, 9.17) is 4.74 Å². The van der Waals surface area contributed by atoms with Gasteiger partial charge in [-0.3, -0.25) is 0 Å². The maximum atomic E-state index is 5.74. The Labute approximate surface area is 106 Å². The summed E-state index contributed by atoms with van der Waals surface area (Å²) in [5.74, 6) is 0.610. The van der Waals surface area contributed by atoms with Gasteiger partial charge in [0.1, 0.15) is 5.60 Å². The van der Waals surface area contributed by atoms with Gasteiger partial charge < -0.3 is 4.74 Å². The highest BCUT2D eigenvalue weighted by molar-refractivity contribution is 9.10. The zero-order valence-electron chi connectivity index (χ0n) is 10.8. The molecule has 90 valence electrons. The van der Waals surface area contributed by atoms with Crippen LogP contribution in [0.4, 0.5) is 0 Å². The molecule has 1 heterocycles. The average Bonchev–Trinajstić information content (AvgIpc) is 1.97. The van der Waals surface area contributed by atoms with Crippen LogP contribution >= 0.6 is 15.9 Å². The molecule has 3 nitrogen and oxygen atoms in total. The van der Waals surface area contributed by atoms with Gasteiger partial charge in [0.2, 0.25) is 5.88 Å². The van der Waals surface area contributed by atoms with Crippen LogP contribution in [-0.2, 0) is 5.41 Å². The Balaban J connectivity index is 3.09. The Bertz CT molecular complexity index is 378. The summed E-state index contributed by atoms with van der Waals surface area (Å²) in [6.07, 6.45) is 0. The van der Waals surface area contributed by atoms with Crippen molar-refractivity contribution in [2.24, 2.45) is 0 Å². The molecule has 0 aliphatic carbocycles. The minimum absolute atomic E-state index is 0.0124. The molecular weight excluding hydrogens is 268 g/mol. The first-order valence-electron chi connectivity index (χ1n) is 5.32. The molecule has 1 aromatic rings. The average molecular weight is 287 g/mol. The fourth-order valence-corrected chi connectivity index (χ4v) is 1.51. The summed E-state index contributed by atoms with van der Waals surface area (Å²) in [7, 11) is 0. The molecule has 0 bridgehead atoms. The maximum Gasteiger partial charge on any atom is 0.218 e. The van der Waals surface area contributed by atoms with Crippen LogP contribution < -0.4 is 4.74 Å². The van der Waals surface area contributed by atoms with Crippen molar-refractivity contribution in [3.05, 3.63) is 16.5 Å². The van der Waals surface area contributed by atoms with Gasteiger partial charge in [-0.1, -0.05) is 20.8 Å². The third-order valence-electron chi connectivity index (χ3n) is 1.85. The number of rotatable bonds is 1. The molecule has 4 heteroatoms. The van der Waals surface area contributed by atoms with Crippen LogP contribution in [0, 0.1) is 0 Å². The van der Waals surface area contributed by atoms with Crippen LogP contribution in [0.1, 0.15) is 47.2 Å². The van der Waals surface area contributed by atoms with Crippen molar-refractivity contribution in [3.63, 3.8) is 0 Å². The fourth-order valence-electron chi connectivity index (χ4n) is 1.15. The van der Waals surface area contributed by atoms with Crippen molar-refractivity contribution in [2.75, 3.05) is 0 Å². The molecule has 1 rings (SSSR count). The number of hydrogen-bond acceptors (Lipinski definition) is 3. The Morgan fingerprint density at radius 3 is 2.06 bits per heavy atom. The van der Waals surface area contributed by atoms with Gasteiger partial charge in [0.15, 0.2) is 4.73 Å². The number of aromatic nitrogens is 2. The minimum Gasteiger partial charge on any atom is -0.472 e. The largest absolute Gasteiger partial charge is 0.472 e. The van der Waals surface area contributed by atoms with Crippen molar-refractivity contribution in [1.82, 2.24) is 9.97 Å². The second-order valence-electron chi connectivity index (χ2n) is 5.82. The Morgan fingerprint density at radius 2 is 1.62 bits per heavy atom. The Kier molecular flexibility index (Phi) is 3.62. The number of nitrogens with zero attached hydrogens (tertiary/aromatic N) is 2. The Morgan fingerprint density at radius 1 is 1.06 bits per heavy atom. The lowest BCUT2D eigenvalue weighted by atomic mass is 9.92. The lowest BCUT2D eigenvalue weighted by molar-refractivity contribution is 0.123. The van der Waals surface area contributed by atoms with Gasteiger partial charge >= 0.3 is 0 Å². The molecule has 0 unspecified atom stereocenters. The molecular formula is C12H19BrN2O. The predicted molar refractivity (Wildman–Crippen MR) is 68.8 cm³/mol. The highest BCUT2D eigenvalue weighted by Crippen LogP contribution is 2.26. The summed E-state index contributed by atoms with van der Waals surface area (Å²) in [4.78, 5) is 8.58. The van der Waals surface area contributed by atoms with Gasteiger partial charge in [0, 0.05) is 11.5 Å². The van der Waals surface area contributed by atoms with Crippen LogP contribution in [0.25, 0.3) is 0 Å². The zero-order chi connectivity index (χ0) is 12.6. The third-order valence-corrected chi connectivity index (χ3v) is 2.21. The topological polar surface area (TPSA) is 35.0 Å². The molecule has 0 amide bonds. The number of halogens is 1. The van der Waals surface area contributed by atoms with Crippen molar-refractivity contribution in [3.8, 4) is 5.88 Å². The SMILES string of the molecule is CC(C)(C)Oc1cc(C(C)(C)C)nc(Br)n1. The number of hydrogen-bond donors (Lipinski definition) is 0. The van der Waals surface area contributed by atoms with E-state index in [9.17, 15) is 0 Å². The molecule has 0 radical (unpaired) electrons. The van der Waals surface area contributed by atoms with Gasteiger partial charge in [0.25, 0.3) is 0 Å². The quantitative estimate of drug-likeness (QED) is 0.738. The van der Waals surface area contributed by atoms with Crippen LogP contribution in [0.3, 0.4) is 0 Å². The predicted octanol–water partition coefficient (Wildman–Crippen LogP) is 3.71. The summed E-state index contributed by atoms with van der Waals surface area (Å²) in [6, 6.07) is 1.90. The molecule has 0 aliphatic rings. The van der Waals surface area contributed by atoms with Gasteiger partial charge in [-0.15, -0.1) is 0 Å². The lowest BCUT2D eigenvalue weighted by Crippen LogP contribution is -2.24. The van der Waals surface area contributed by atoms with E-state index in [1.807, 2.05) is 26.8 Å². The van der Waals surface area contributed by atoms with Crippen LogP contribution in [0.5, 0.6) is 5.88 Å². The highest BCUT2D eigenvalue weighted by atomic mass is 79.9. The molecule has 1 aromatic heterocycles. The molecule has 0 atom stereocenters. The molecule has 0 aromatic carbocycles. The van der Waals surface area contributed by atoms with Crippen molar-refractivity contribution in [2.45, 2.75) is 52.6 Å². The van der Waals surface area contributed by atoms with Crippen molar-refractivity contribution in [1.29, 1.82) is 0 Å². The molecule has 0 saturated heterocycles. The second kappa shape index (κ2) is 4.32. The molecule has 0 N–H and O–H groups in total. The smallest absolute Gasteiger partial charge is 0.218 e. The van der Waals surface area contributed by atoms with E-state index in [2.05, 4.69) is 46.7 Å². The van der Waals surface area contributed by atoms with E-state index in [1.165, 1.54) is 0 Å². The summed E-state index contributed by atoms with van der Waals surface area (Å²) in [6.45, 7) is 12.3. The van der Waals surface area contributed by atoms with E-state index < -0.39 is 0 Å². The summed E-state index contributed by atoms with van der Waals surface area (Å²) in [5, 5.41) is 0. The van der Waals surface area contributed by atoms with E-state index in [-0.39, 0.29) is 11.0 Å². The standard InChI is InChI=1S/C12H19BrN2O/c1-11(2,3)8-7-9(15-10(13)14-8)16-12(4,5)6/h7H,1-6H3. The molecule has 16 heavy (non-hydrogen) atoms. The Hall–Kier alpha value is -0.640. The van der Waals surface area contributed by atoms with Gasteiger partial charge in [-0.05, 0) is 36.7 Å². The normalized spacial score (nSPS) is 12.7. The van der Waals surface area contributed by atoms with Gasteiger partial charge in [-0.2, -0.15) is 4.98 Å². The summed E-state index contributed by atoms with van der Waals surface area (Å²) < 4.78 is 6.31. The summed E-state index contributed by atoms with van der Waals surface area (Å²) in [5.41, 5.74) is 0.707. The number of ether oxygens (including phenoxy) is 1. The van der Waals surface area contributed by atoms with Crippen LogP contribution in [-0.4, -0.2) is 15.6 Å². The van der Waals surface area contributed by atoms with Crippen molar-refractivity contribution >= 4 is 15.9 Å². The first-order chi connectivity index (χ1) is 7.08. The molecule has 0 aliphatic heterocycles.